The molecule has 3 atom stereocenters. The van der Waals surface area contributed by atoms with Gasteiger partial charge in [-0.3, -0.25) is 0 Å². The molecule has 0 aliphatic carbocycles. The van der Waals surface area contributed by atoms with Gasteiger partial charge >= 0.3 is 5.97 Å². The summed E-state index contributed by atoms with van der Waals surface area (Å²) in [5.41, 5.74) is 1.08. The van der Waals surface area contributed by atoms with Gasteiger partial charge in [-0.2, -0.15) is 0 Å². The minimum absolute atomic E-state index is 0.307. The predicted octanol–water partition coefficient (Wildman–Crippen LogP) is 1.65. The van der Waals surface area contributed by atoms with Crippen LogP contribution in [0.4, 0.5) is 0 Å². The molecule has 5 nitrogen and oxygen atoms in total. The molecule has 0 saturated carbocycles. The molecule has 0 spiro atoms. The van der Waals surface area contributed by atoms with E-state index in [0.717, 1.165) is 5.56 Å². The lowest BCUT2D eigenvalue weighted by atomic mass is 10.1. The third kappa shape index (κ3) is 2.70. The van der Waals surface area contributed by atoms with Crippen molar-refractivity contribution in [2.75, 3.05) is 6.61 Å². The van der Waals surface area contributed by atoms with Crippen LogP contribution < -0.4 is 0 Å². The lowest BCUT2D eigenvalue weighted by molar-refractivity contribution is -0.190. The van der Waals surface area contributed by atoms with Gasteiger partial charge in [-0.15, -0.1) is 0 Å². The summed E-state index contributed by atoms with van der Waals surface area (Å²) in [6, 6.07) is 9.85. The van der Waals surface area contributed by atoms with Gasteiger partial charge in [0, 0.05) is 0 Å². The highest BCUT2D eigenvalue weighted by molar-refractivity contribution is 5.78. The number of carbonyl (C=O) groups excluding carboxylic acids is 1. The summed E-state index contributed by atoms with van der Waals surface area (Å²) in [6.07, 6.45) is -1.42. The second kappa shape index (κ2) is 5.16. The second-order valence-corrected chi connectivity index (χ2v) is 5.50. The highest BCUT2D eigenvalue weighted by Crippen LogP contribution is 2.36. The molecule has 2 heterocycles. The van der Waals surface area contributed by atoms with Crippen LogP contribution in [0.5, 0.6) is 0 Å². The van der Waals surface area contributed by atoms with Crippen molar-refractivity contribution >= 4 is 5.97 Å². The normalized spacial score (nSPS) is 31.1. The molecule has 1 aromatic rings. The summed E-state index contributed by atoms with van der Waals surface area (Å²) in [7, 11) is 0. The van der Waals surface area contributed by atoms with Gasteiger partial charge in [0.2, 0.25) is 0 Å². The first-order valence-corrected chi connectivity index (χ1v) is 6.73. The first-order chi connectivity index (χ1) is 9.55. The van der Waals surface area contributed by atoms with E-state index < -0.39 is 18.0 Å². The van der Waals surface area contributed by atoms with Crippen LogP contribution in [0.2, 0.25) is 0 Å². The lowest BCUT2D eigenvalue weighted by Crippen LogP contribution is -2.32. The van der Waals surface area contributed by atoms with E-state index >= 15 is 0 Å². The third-order valence-corrected chi connectivity index (χ3v) is 3.39. The van der Waals surface area contributed by atoms with Gasteiger partial charge in [-0.05, 0) is 19.4 Å². The molecule has 2 aliphatic rings. The molecule has 0 aromatic heterocycles. The number of cyclic esters (lactones) is 1. The SMILES string of the molecule is CC1(C)O[C@@H]2[C@H](COCc3ccccc3)OC(=O)[C@@H]2O1. The lowest BCUT2D eigenvalue weighted by Gasteiger charge is -2.21. The topological polar surface area (TPSA) is 54.0 Å². The molecule has 2 aliphatic heterocycles. The van der Waals surface area contributed by atoms with Crippen LogP contribution in [-0.4, -0.2) is 36.7 Å². The number of hydrogen-bond donors (Lipinski definition) is 0. The fraction of sp³-hybridized carbons (Fsp3) is 0.533. The number of esters is 1. The van der Waals surface area contributed by atoms with Crippen LogP contribution >= 0.6 is 0 Å². The van der Waals surface area contributed by atoms with Gasteiger partial charge in [-0.25, -0.2) is 4.79 Å². The molecular formula is C15H18O5. The first-order valence-electron chi connectivity index (χ1n) is 6.73. The van der Waals surface area contributed by atoms with Crippen molar-refractivity contribution in [3.8, 4) is 0 Å². The molecular weight excluding hydrogens is 260 g/mol. The summed E-state index contributed by atoms with van der Waals surface area (Å²) >= 11 is 0. The summed E-state index contributed by atoms with van der Waals surface area (Å²) < 4.78 is 22.1. The smallest absolute Gasteiger partial charge is 0.338 e. The fourth-order valence-electron chi connectivity index (χ4n) is 2.52. The average molecular weight is 278 g/mol. The monoisotopic (exact) mass is 278 g/mol. The van der Waals surface area contributed by atoms with E-state index in [1.807, 2.05) is 30.3 Å². The van der Waals surface area contributed by atoms with Crippen molar-refractivity contribution in [2.45, 2.75) is 44.6 Å². The Bertz CT molecular complexity index is 484. The summed E-state index contributed by atoms with van der Waals surface area (Å²) in [4.78, 5) is 11.7. The highest BCUT2D eigenvalue weighted by atomic mass is 16.8. The Hall–Kier alpha value is -1.43. The van der Waals surface area contributed by atoms with E-state index in [0.29, 0.717) is 13.2 Å². The van der Waals surface area contributed by atoms with Crippen LogP contribution in [0.15, 0.2) is 30.3 Å². The molecule has 0 unspecified atom stereocenters. The first kappa shape index (κ1) is 13.5. The molecule has 2 saturated heterocycles. The quantitative estimate of drug-likeness (QED) is 0.784. The van der Waals surface area contributed by atoms with E-state index in [2.05, 4.69) is 0 Å². The van der Waals surface area contributed by atoms with Crippen LogP contribution in [0, 0.1) is 0 Å². The zero-order valence-electron chi connectivity index (χ0n) is 11.6. The molecule has 1 aromatic carbocycles. The Labute approximate surface area is 117 Å². The third-order valence-electron chi connectivity index (χ3n) is 3.39. The number of rotatable bonds is 4. The van der Waals surface area contributed by atoms with Crippen molar-refractivity contribution in [1.82, 2.24) is 0 Å². The molecule has 2 fully saturated rings. The van der Waals surface area contributed by atoms with E-state index in [-0.39, 0.29) is 12.1 Å². The number of benzene rings is 1. The largest absolute Gasteiger partial charge is 0.455 e. The molecule has 108 valence electrons. The van der Waals surface area contributed by atoms with Crippen molar-refractivity contribution in [3.05, 3.63) is 35.9 Å². The second-order valence-electron chi connectivity index (χ2n) is 5.50. The van der Waals surface area contributed by atoms with Gasteiger partial charge in [0.15, 0.2) is 18.0 Å². The van der Waals surface area contributed by atoms with Crippen LogP contribution in [0.25, 0.3) is 0 Å². The molecule has 0 bridgehead atoms. The highest BCUT2D eigenvalue weighted by Gasteiger charge is 2.55. The molecule has 3 rings (SSSR count). The van der Waals surface area contributed by atoms with Gasteiger partial charge in [0.1, 0.15) is 6.10 Å². The number of carbonyl (C=O) groups is 1. The van der Waals surface area contributed by atoms with E-state index in [1.54, 1.807) is 13.8 Å². The maximum atomic E-state index is 11.7. The van der Waals surface area contributed by atoms with Gasteiger partial charge in [0.25, 0.3) is 0 Å². The maximum Gasteiger partial charge on any atom is 0.338 e. The zero-order valence-corrected chi connectivity index (χ0v) is 11.6. The molecule has 0 radical (unpaired) electrons. The van der Waals surface area contributed by atoms with Gasteiger partial charge in [-0.1, -0.05) is 30.3 Å². The summed E-state index contributed by atoms with van der Waals surface area (Å²) in [5, 5.41) is 0. The molecule has 5 heteroatoms. The van der Waals surface area contributed by atoms with Crippen molar-refractivity contribution in [3.63, 3.8) is 0 Å². The Kier molecular flexibility index (Phi) is 3.50. The summed E-state index contributed by atoms with van der Waals surface area (Å²) in [6.45, 7) is 4.37. The Morgan fingerprint density at radius 1 is 1.20 bits per heavy atom. The van der Waals surface area contributed by atoms with Crippen LogP contribution in [0.3, 0.4) is 0 Å². The molecule has 0 N–H and O–H groups in total. The zero-order chi connectivity index (χ0) is 14.2. The predicted molar refractivity (Wildman–Crippen MR) is 69.8 cm³/mol. The van der Waals surface area contributed by atoms with E-state index in [1.165, 1.54) is 0 Å². The van der Waals surface area contributed by atoms with Gasteiger partial charge < -0.3 is 18.9 Å². The molecule has 0 amide bonds. The van der Waals surface area contributed by atoms with Crippen molar-refractivity contribution < 1.29 is 23.7 Å². The van der Waals surface area contributed by atoms with Crippen LogP contribution in [0.1, 0.15) is 19.4 Å². The van der Waals surface area contributed by atoms with E-state index in [9.17, 15) is 4.79 Å². The number of hydrogen-bond acceptors (Lipinski definition) is 5. The summed E-state index contributed by atoms with van der Waals surface area (Å²) in [5.74, 6) is -1.11. The maximum absolute atomic E-state index is 11.7. The van der Waals surface area contributed by atoms with Crippen molar-refractivity contribution in [2.24, 2.45) is 0 Å². The number of fused-ring (bicyclic) bond motifs is 1. The average Bonchev–Trinajstić information content (AvgIpc) is 2.87. The standard InChI is InChI=1S/C15H18O5/c1-15(2)19-12-11(18-14(16)13(12)20-15)9-17-8-10-6-4-3-5-7-10/h3-7,11-13H,8-9H2,1-2H3/t11-,12+,13+/m0/s1. The minimum atomic E-state index is -0.744. The van der Waals surface area contributed by atoms with Crippen molar-refractivity contribution in [1.29, 1.82) is 0 Å². The van der Waals surface area contributed by atoms with Crippen LogP contribution in [-0.2, 0) is 30.3 Å². The Balaban J connectivity index is 1.55. The minimum Gasteiger partial charge on any atom is -0.455 e. The Morgan fingerprint density at radius 3 is 2.70 bits per heavy atom. The molecule has 20 heavy (non-hydrogen) atoms. The van der Waals surface area contributed by atoms with Gasteiger partial charge in [0.05, 0.1) is 13.2 Å². The Morgan fingerprint density at radius 2 is 1.95 bits per heavy atom. The number of ether oxygens (including phenoxy) is 4. The van der Waals surface area contributed by atoms with E-state index in [4.69, 9.17) is 18.9 Å². The fourth-order valence-corrected chi connectivity index (χ4v) is 2.52.